The molecule has 2 fully saturated rings. The van der Waals surface area contributed by atoms with Crippen LogP contribution in [0.5, 0.6) is 0 Å². The molecule has 0 aliphatic carbocycles. The van der Waals surface area contributed by atoms with Crippen LogP contribution in [0, 0.1) is 17.3 Å². The molecule has 10 heteroatoms. The Morgan fingerprint density at radius 2 is 1.78 bits per heavy atom. The minimum absolute atomic E-state index is 0.0889. The molecule has 258 valence electrons. The number of nitrogens with zero attached hydrogens (tertiary/aromatic N) is 2. The normalized spacial score (nSPS) is 34.9. The van der Waals surface area contributed by atoms with E-state index in [0.29, 0.717) is 31.4 Å². The number of carbonyl (C=O) groups is 3. The van der Waals surface area contributed by atoms with E-state index in [1.807, 2.05) is 52.0 Å². The Kier molecular flexibility index (Phi) is 13.1. The summed E-state index contributed by atoms with van der Waals surface area (Å²) in [7, 11) is 7.47. The fourth-order valence-electron chi connectivity index (χ4n) is 6.91. The molecule has 0 aromatic heterocycles. The van der Waals surface area contributed by atoms with E-state index in [1.165, 1.54) is 0 Å². The first kappa shape index (κ1) is 37.8. The van der Waals surface area contributed by atoms with E-state index in [1.54, 1.807) is 52.1 Å². The zero-order valence-corrected chi connectivity index (χ0v) is 29.5. The number of cyclic esters (lactones) is 1. The van der Waals surface area contributed by atoms with Gasteiger partial charge in [0.15, 0.2) is 18.2 Å². The van der Waals surface area contributed by atoms with Gasteiger partial charge in [-0.05, 0) is 86.2 Å². The number of ether oxygens (including phenoxy) is 5. The zero-order chi connectivity index (χ0) is 34.4. The number of carbonyl (C=O) groups excluding carboxylic acids is 3. The summed E-state index contributed by atoms with van der Waals surface area (Å²) in [5, 5.41) is 0. The fraction of sp³-hybridized carbons (Fsp3) is 0.694. The predicted octanol–water partition coefficient (Wildman–Crippen LogP) is 4.76. The molecule has 9 atom stereocenters. The van der Waals surface area contributed by atoms with Gasteiger partial charge < -0.3 is 28.6 Å². The maximum Gasteiger partial charge on any atom is 0.338 e. The van der Waals surface area contributed by atoms with Gasteiger partial charge in [-0.3, -0.25) is 14.5 Å². The smallest absolute Gasteiger partial charge is 0.338 e. The lowest BCUT2D eigenvalue weighted by Gasteiger charge is -2.47. The van der Waals surface area contributed by atoms with Gasteiger partial charge in [0.05, 0.1) is 29.4 Å². The van der Waals surface area contributed by atoms with Crippen LogP contribution in [0.2, 0.25) is 0 Å². The van der Waals surface area contributed by atoms with Crippen molar-refractivity contribution in [2.75, 3.05) is 41.4 Å². The molecule has 0 saturated carbocycles. The highest BCUT2D eigenvalue weighted by atomic mass is 16.7. The van der Waals surface area contributed by atoms with Gasteiger partial charge in [0.1, 0.15) is 12.0 Å². The van der Waals surface area contributed by atoms with Crippen molar-refractivity contribution in [1.82, 2.24) is 9.80 Å². The summed E-state index contributed by atoms with van der Waals surface area (Å²) in [6.07, 6.45) is 0.667. The van der Waals surface area contributed by atoms with Crippen molar-refractivity contribution >= 4 is 17.7 Å². The Morgan fingerprint density at radius 3 is 2.37 bits per heavy atom. The molecule has 0 bridgehead atoms. The number of methoxy groups -OCH3 is 1. The van der Waals surface area contributed by atoms with Crippen molar-refractivity contribution in [2.24, 2.45) is 17.3 Å². The lowest BCUT2D eigenvalue weighted by molar-refractivity contribution is -0.295. The van der Waals surface area contributed by atoms with Crippen molar-refractivity contribution in [1.29, 1.82) is 0 Å². The van der Waals surface area contributed by atoms with Crippen LogP contribution < -0.4 is 0 Å². The Bertz CT molecular complexity index is 1190. The van der Waals surface area contributed by atoms with E-state index >= 15 is 0 Å². The van der Waals surface area contributed by atoms with Gasteiger partial charge in [0, 0.05) is 25.6 Å². The summed E-state index contributed by atoms with van der Waals surface area (Å²) in [6.45, 7) is 15.7. The van der Waals surface area contributed by atoms with Crippen LogP contribution in [0.15, 0.2) is 43.0 Å². The van der Waals surface area contributed by atoms with Gasteiger partial charge in [-0.2, -0.15) is 0 Å². The predicted molar refractivity (Wildman–Crippen MR) is 176 cm³/mol. The molecule has 0 amide bonds. The van der Waals surface area contributed by atoms with Crippen LogP contribution in [0.3, 0.4) is 0 Å². The fourth-order valence-corrected chi connectivity index (χ4v) is 6.91. The maximum atomic E-state index is 14.3. The molecular formula is C36H56N2O8. The average molecular weight is 645 g/mol. The second-order valence-corrected chi connectivity index (χ2v) is 14.2. The van der Waals surface area contributed by atoms with Crippen molar-refractivity contribution < 1.29 is 38.1 Å². The molecular weight excluding hydrogens is 588 g/mol. The van der Waals surface area contributed by atoms with Crippen LogP contribution in [0.4, 0.5) is 0 Å². The van der Waals surface area contributed by atoms with Gasteiger partial charge >= 0.3 is 11.9 Å². The molecule has 10 nitrogen and oxygen atoms in total. The summed E-state index contributed by atoms with van der Waals surface area (Å²) in [5.74, 6) is -2.13. The summed E-state index contributed by atoms with van der Waals surface area (Å²) in [6, 6.07) is 8.48. The highest BCUT2D eigenvalue weighted by molar-refractivity contribution is 6.04. The Labute approximate surface area is 275 Å². The van der Waals surface area contributed by atoms with Crippen LogP contribution in [0.1, 0.15) is 71.2 Å². The third-order valence-electron chi connectivity index (χ3n) is 9.67. The molecule has 1 aromatic carbocycles. The summed E-state index contributed by atoms with van der Waals surface area (Å²) >= 11 is 0. The Balaban J connectivity index is 2.08. The number of rotatable bonds is 8. The van der Waals surface area contributed by atoms with E-state index in [4.69, 9.17) is 23.7 Å². The molecule has 46 heavy (non-hydrogen) atoms. The lowest BCUT2D eigenvalue weighted by Crippen LogP contribution is -2.60. The first-order valence-electron chi connectivity index (χ1n) is 16.4. The number of ketones is 1. The van der Waals surface area contributed by atoms with Gasteiger partial charge in [-0.1, -0.05) is 38.1 Å². The highest BCUT2D eigenvalue weighted by Crippen LogP contribution is 2.39. The number of Topliss-reactive ketones (excluding diaryl/α,β-unsaturated/α-hetero) is 1. The first-order valence-corrected chi connectivity index (χ1v) is 16.4. The number of esters is 2. The molecule has 2 heterocycles. The first-order chi connectivity index (χ1) is 21.5. The van der Waals surface area contributed by atoms with Crippen LogP contribution in [-0.2, 0) is 33.3 Å². The summed E-state index contributed by atoms with van der Waals surface area (Å²) in [5.41, 5.74) is -2.03. The third kappa shape index (κ3) is 8.83. The third-order valence-corrected chi connectivity index (χ3v) is 9.67. The Hall–Kier alpha value is -2.63. The number of hydrogen-bond donors (Lipinski definition) is 0. The van der Waals surface area contributed by atoms with Crippen molar-refractivity contribution in [3.05, 3.63) is 48.6 Å². The molecule has 0 radical (unpaired) electrons. The standard InChI is InChI=1S/C36H56N2O8/c1-12-16-27-22-43-34(41)35(5,6)30(39)25(4)31(36(7,42-11)20-23(2)21-38(27)10)46-33-29(28(37(8)9)19-24(3)44-33)45-32(40)26-17-14-13-15-18-26/h12-15,17-18,23-25,27-29,31,33H,1,16,19-22H2,2-11H3/t23-,24-,25+,27+,28+,29-,31-,33+,36-/m1/s1. The number of hydrogen-bond acceptors (Lipinski definition) is 10. The molecule has 0 unspecified atom stereocenters. The van der Waals surface area contributed by atoms with Crippen molar-refractivity contribution in [3.63, 3.8) is 0 Å². The maximum absolute atomic E-state index is 14.3. The minimum atomic E-state index is -1.46. The molecule has 2 aliphatic heterocycles. The van der Waals surface area contributed by atoms with Crippen LogP contribution >= 0.6 is 0 Å². The summed E-state index contributed by atoms with van der Waals surface area (Å²) < 4.78 is 31.4. The highest BCUT2D eigenvalue weighted by Gasteiger charge is 2.52. The molecule has 0 N–H and O–H groups in total. The monoisotopic (exact) mass is 644 g/mol. The zero-order valence-electron chi connectivity index (χ0n) is 29.5. The Morgan fingerprint density at radius 1 is 1.13 bits per heavy atom. The van der Waals surface area contributed by atoms with E-state index in [9.17, 15) is 14.4 Å². The lowest BCUT2D eigenvalue weighted by atomic mass is 9.74. The van der Waals surface area contributed by atoms with E-state index in [-0.39, 0.29) is 36.5 Å². The number of benzene rings is 1. The van der Waals surface area contributed by atoms with Gasteiger partial charge in [-0.15, -0.1) is 6.58 Å². The molecule has 0 spiro atoms. The minimum Gasteiger partial charge on any atom is -0.463 e. The van der Waals surface area contributed by atoms with E-state index in [0.717, 1.165) is 0 Å². The molecule has 1 aromatic rings. The van der Waals surface area contributed by atoms with Crippen LogP contribution in [0.25, 0.3) is 0 Å². The van der Waals surface area contributed by atoms with Gasteiger partial charge in [-0.25, -0.2) is 4.79 Å². The van der Waals surface area contributed by atoms with E-state index < -0.39 is 47.4 Å². The molecule has 2 aliphatic rings. The topological polar surface area (TPSA) is 104 Å². The molecule has 3 rings (SSSR count). The number of likely N-dealkylation sites (N-methyl/N-ethyl adjacent to an activating group) is 2. The quantitative estimate of drug-likeness (QED) is 0.224. The largest absolute Gasteiger partial charge is 0.463 e. The van der Waals surface area contributed by atoms with Crippen LogP contribution in [-0.4, -0.2) is 111 Å². The van der Waals surface area contributed by atoms with Gasteiger partial charge in [0.2, 0.25) is 0 Å². The average Bonchev–Trinajstić information content (AvgIpc) is 3.01. The second-order valence-electron chi connectivity index (χ2n) is 14.2. The summed E-state index contributed by atoms with van der Waals surface area (Å²) in [4.78, 5) is 45.3. The van der Waals surface area contributed by atoms with Crippen molar-refractivity contribution in [3.8, 4) is 0 Å². The molecule has 2 saturated heterocycles. The van der Waals surface area contributed by atoms with E-state index in [2.05, 4.69) is 18.4 Å². The van der Waals surface area contributed by atoms with Gasteiger partial charge in [0.25, 0.3) is 0 Å². The van der Waals surface area contributed by atoms with Crippen molar-refractivity contribution in [2.45, 2.75) is 103 Å². The second kappa shape index (κ2) is 16.0. The SMILES string of the molecule is C=CC[C@H]1COC(=O)C(C)(C)C(=O)[C@H](C)[C@@H](O[C@@H]2O[C@H](C)C[C@H](N(C)C)[C@H]2OC(=O)c2ccccc2)[C@](C)(OC)C[C@@H](C)CN1C.